The smallest absolute Gasteiger partial charge is 0.257 e. The van der Waals surface area contributed by atoms with Crippen LogP contribution in [-0.4, -0.2) is 24.5 Å². The van der Waals surface area contributed by atoms with Crippen molar-refractivity contribution in [2.24, 2.45) is 0 Å². The van der Waals surface area contributed by atoms with Crippen molar-refractivity contribution in [1.82, 2.24) is 4.98 Å². The average Bonchev–Trinajstić information content (AvgIpc) is 2.49. The summed E-state index contributed by atoms with van der Waals surface area (Å²) in [6.07, 6.45) is 3.21. The van der Waals surface area contributed by atoms with E-state index in [9.17, 15) is 4.79 Å². The Bertz CT molecular complexity index is 582. The molecule has 0 radical (unpaired) electrons. The number of nitrogens with zero attached hydrogens (tertiary/aromatic N) is 1. The van der Waals surface area contributed by atoms with E-state index >= 15 is 0 Å². The molecule has 2 aromatic rings. The Morgan fingerprint density at radius 2 is 2.00 bits per heavy atom. The number of carbonyl (C=O) groups excluding carboxylic acids is 1. The minimum absolute atomic E-state index is 0.180. The maximum atomic E-state index is 12.2. The predicted molar refractivity (Wildman–Crippen MR) is 79.3 cm³/mol. The minimum Gasteiger partial charge on any atom is -0.494 e. The first-order valence-corrected chi connectivity index (χ1v) is 6.40. The summed E-state index contributed by atoms with van der Waals surface area (Å²) in [5.41, 5.74) is 1.96. The topological polar surface area (TPSA) is 63.2 Å². The van der Waals surface area contributed by atoms with Gasteiger partial charge < -0.3 is 15.4 Å². The Morgan fingerprint density at radius 1 is 1.25 bits per heavy atom. The Morgan fingerprint density at radius 3 is 2.65 bits per heavy atom. The summed E-state index contributed by atoms with van der Waals surface area (Å²) in [6, 6.07) is 8.94. The zero-order chi connectivity index (χ0) is 14.4. The third kappa shape index (κ3) is 3.26. The van der Waals surface area contributed by atoms with Gasteiger partial charge in [0.2, 0.25) is 0 Å². The SMILES string of the molecule is CCOc1ccc(NC(=O)c2ccncc2NC)cc1. The second-order valence-electron chi connectivity index (χ2n) is 4.08. The molecular weight excluding hydrogens is 254 g/mol. The van der Waals surface area contributed by atoms with Crippen LogP contribution in [0.2, 0.25) is 0 Å². The molecule has 0 atom stereocenters. The third-order valence-electron chi connectivity index (χ3n) is 2.76. The molecule has 1 heterocycles. The highest BCUT2D eigenvalue weighted by Crippen LogP contribution is 2.18. The van der Waals surface area contributed by atoms with Gasteiger partial charge in [-0.15, -0.1) is 0 Å². The monoisotopic (exact) mass is 271 g/mol. The van der Waals surface area contributed by atoms with Gasteiger partial charge in [-0.1, -0.05) is 0 Å². The van der Waals surface area contributed by atoms with Crippen LogP contribution in [0.15, 0.2) is 42.7 Å². The van der Waals surface area contributed by atoms with Gasteiger partial charge >= 0.3 is 0 Å². The van der Waals surface area contributed by atoms with E-state index < -0.39 is 0 Å². The number of carbonyl (C=O) groups is 1. The first-order valence-electron chi connectivity index (χ1n) is 6.40. The summed E-state index contributed by atoms with van der Waals surface area (Å²) in [7, 11) is 1.75. The molecule has 0 fully saturated rings. The highest BCUT2D eigenvalue weighted by atomic mass is 16.5. The normalized spacial score (nSPS) is 9.90. The zero-order valence-electron chi connectivity index (χ0n) is 11.5. The van der Waals surface area contributed by atoms with Gasteiger partial charge in [0.05, 0.1) is 24.1 Å². The molecule has 1 aromatic heterocycles. The van der Waals surface area contributed by atoms with Gasteiger partial charge in [0, 0.05) is 18.9 Å². The maximum absolute atomic E-state index is 12.2. The Hall–Kier alpha value is -2.56. The lowest BCUT2D eigenvalue weighted by Crippen LogP contribution is -2.14. The molecule has 0 aliphatic rings. The van der Waals surface area contributed by atoms with Crippen molar-refractivity contribution in [2.45, 2.75) is 6.92 Å². The number of hydrogen-bond donors (Lipinski definition) is 2. The standard InChI is InChI=1S/C15H17N3O2/c1-3-20-12-6-4-11(5-7-12)18-15(19)13-8-9-17-10-14(13)16-2/h4-10,16H,3H2,1-2H3,(H,18,19). The fraction of sp³-hybridized carbons (Fsp3) is 0.200. The highest BCUT2D eigenvalue weighted by Gasteiger charge is 2.10. The van der Waals surface area contributed by atoms with Gasteiger partial charge in [0.25, 0.3) is 5.91 Å². The van der Waals surface area contributed by atoms with E-state index in [1.807, 2.05) is 31.2 Å². The molecule has 1 amide bonds. The lowest BCUT2D eigenvalue weighted by molar-refractivity contribution is 0.102. The summed E-state index contributed by atoms with van der Waals surface area (Å²) in [5, 5.41) is 5.78. The second kappa shape index (κ2) is 6.56. The van der Waals surface area contributed by atoms with Crippen molar-refractivity contribution in [3.05, 3.63) is 48.3 Å². The molecule has 0 saturated heterocycles. The van der Waals surface area contributed by atoms with Crippen molar-refractivity contribution in [3.63, 3.8) is 0 Å². The Labute approximate surface area is 118 Å². The number of ether oxygens (including phenoxy) is 1. The molecule has 0 bridgehead atoms. The number of pyridine rings is 1. The molecule has 5 heteroatoms. The van der Waals surface area contributed by atoms with Crippen LogP contribution in [0.4, 0.5) is 11.4 Å². The van der Waals surface area contributed by atoms with E-state index in [1.165, 1.54) is 0 Å². The quantitative estimate of drug-likeness (QED) is 0.877. The molecule has 5 nitrogen and oxygen atoms in total. The van der Waals surface area contributed by atoms with Gasteiger partial charge in [-0.2, -0.15) is 0 Å². The Balaban J connectivity index is 2.11. The van der Waals surface area contributed by atoms with E-state index in [0.717, 1.165) is 11.4 Å². The number of benzene rings is 1. The van der Waals surface area contributed by atoms with Crippen LogP contribution >= 0.6 is 0 Å². The number of nitrogens with one attached hydrogen (secondary N) is 2. The van der Waals surface area contributed by atoms with Crippen LogP contribution in [0.1, 0.15) is 17.3 Å². The van der Waals surface area contributed by atoms with E-state index in [-0.39, 0.29) is 5.91 Å². The lowest BCUT2D eigenvalue weighted by atomic mass is 10.2. The maximum Gasteiger partial charge on any atom is 0.257 e. The third-order valence-corrected chi connectivity index (χ3v) is 2.76. The lowest BCUT2D eigenvalue weighted by Gasteiger charge is -2.10. The molecule has 0 aliphatic carbocycles. The Kier molecular flexibility index (Phi) is 4.55. The second-order valence-corrected chi connectivity index (χ2v) is 4.08. The summed E-state index contributed by atoms with van der Waals surface area (Å²) in [6.45, 7) is 2.55. The molecule has 0 unspecified atom stereocenters. The van der Waals surface area contributed by atoms with Crippen LogP contribution < -0.4 is 15.4 Å². The van der Waals surface area contributed by atoms with E-state index in [0.29, 0.717) is 17.9 Å². The molecule has 20 heavy (non-hydrogen) atoms. The van der Waals surface area contributed by atoms with Gasteiger partial charge in [0.15, 0.2) is 0 Å². The number of anilines is 2. The van der Waals surface area contributed by atoms with Crippen LogP contribution in [0, 0.1) is 0 Å². The van der Waals surface area contributed by atoms with Gasteiger partial charge in [-0.05, 0) is 37.3 Å². The first kappa shape index (κ1) is 13.9. The summed E-state index contributed by atoms with van der Waals surface area (Å²) < 4.78 is 5.36. The largest absolute Gasteiger partial charge is 0.494 e. The number of aromatic nitrogens is 1. The summed E-state index contributed by atoms with van der Waals surface area (Å²) in [5.74, 6) is 0.603. The van der Waals surface area contributed by atoms with E-state index in [2.05, 4.69) is 15.6 Å². The number of hydrogen-bond acceptors (Lipinski definition) is 4. The van der Waals surface area contributed by atoms with Crippen LogP contribution in [0.3, 0.4) is 0 Å². The average molecular weight is 271 g/mol. The van der Waals surface area contributed by atoms with Crippen molar-refractivity contribution >= 4 is 17.3 Å². The molecule has 0 spiro atoms. The van der Waals surface area contributed by atoms with Gasteiger partial charge in [-0.25, -0.2) is 0 Å². The van der Waals surface area contributed by atoms with Crippen LogP contribution in [0.5, 0.6) is 5.75 Å². The number of amides is 1. The molecule has 1 aromatic carbocycles. The van der Waals surface area contributed by atoms with Crippen molar-refractivity contribution < 1.29 is 9.53 Å². The van der Waals surface area contributed by atoms with Crippen molar-refractivity contribution in [3.8, 4) is 5.75 Å². The molecule has 2 rings (SSSR count). The predicted octanol–water partition coefficient (Wildman–Crippen LogP) is 2.77. The van der Waals surface area contributed by atoms with Crippen LogP contribution in [-0.2, 0) is 0 Å². The fourth-order valence-corrected chi connectivity index (χ4v) is 1.79. The number of rotatable bonds is 5. The fourth-order valence-electron chi connectivity index (χ4n) is 1.79. The molecular formula is C15H17N3O2. The van der Waals surface area contributed by atoms with Crippen molar-refractivity contribution in [2.75, 3.05) is 24.3 Å². The minimum atomic E-state index is -0.180. The van der Waals surface area contributed by atoms with Gasteiger partial charge in [0.1, 0.15) is 5.75 Å². The van der Waals surface area contributed by atoms with Crippen LogP contribution in [0.25, 0.3) is 0 Å². The molecule has 0 aliphatic heterocycles. The summed E-state index contributed by atoms with van der Waals surface area (Å²) in [4.78, 5) is 16.2. The zero-order valence-corrected chi connectivity index (χ0v) is 11.5. The first-order chi connectivity index (χ1) is 9.74. The highest BCUT2D eigenvalue weighted by molar-refractivity contribution is 6.07. The van der Waals surface area contributed by atoms with Crippen molar-refractivity contribution in [1.29, 1.82) is 0 Å². The summed E-state index contributed by atoms with van der Waals surface area (Å²) >= 11 is 0. The van der Waals surface area contributed by atoms with Gasteiger partial charge in [-0.3, -0.25) is 9.78 Å². The molecule has 0 saturated carbocycles. The molecule has 2 N–H and O–H groups in total. The van der Waals surface area contributed by atoms with E-state index in [4.69, 9.17) is 4.74 Å². The van der Waals surface area contributed by atoms with E-state index in [1.54, 1.807) is 25.5 Å². The molecule has 104 valence electrons.